The molecule has 1 aromatic heterocycles. The molecule has 0 bridgehead atoms. The van der Waals surface area contributed by atoms with Gasteiger partial charge in [0.1, 0.15) is 12.4 Å². The number of rotatable bonds is 4. The highest BCUT2D eigenvalue weighted by Crippen LogP contribution is 2.20. The Morgan fingerprint density at radius 2 is 2.06 bits per heavy atom. The molecule has 0 saturated heterocycles. The fourth-order valence-electron chi connectivity index (χ4n) is 1.58. The molecule has 0 aliphatic rings. The van der Waals surface area contributed by atoms with E-state index in [0.29, 0.717) is 12.3 Å². The van der Waals surface area contributed by atoms with Crippen molar-refractivity contribution in [2.24, 2.45) is 0 Å². The minimum atomic E-state index is 0.419. The molecule has 2 rings (SSSR count). The molecule has 0 aliphatic heterocycles. The van der Waals surface area contributed by atoms with Gasteiger partial charge in [-0.15, -0.1) is 0 Å². The van der Waals surface area contributed by atoms with Gasteiger partial charge in [0.2, 0.25) is 0 Å². The third-order valence-corrected chi connectivity index (χ3v) is 2.56. The number of hydrogen-bond acceptors (Lipinski definition) is 4. The largest absolute Gasteiger partial charge is 0.487 e. The molecule has 0 aliphatic carbocycles. The molecule has 0 spiro atoms. The van der Waals surface area contributed by atoms with Crippen molar-refractivity contribution in [3.8, 4) is 5.75 Å². The summed E-state index contributed by atoms with van der Waals surface area (Å²) in [5.41, 5.74) is 8.32. The first-order chi connectivity index (χ1) is 8.65. The van der Waals surface area contributed by atoms with Crippen LogP contribution in [0.3, 0.4) is 0 Å². The molecule has 4 nitrogen and oxygen atoms in total. The molecule has 1 aromatic carbocycles. The minimum Gasteiger partial charge on any atom is -0.487 e. The van der Waals surface area contributed by atoms with Crippen LogP contribution in [0.25, 0.3) is 0 Å². The summed E-state index contributed by atoms with van der Waals surface area (Å²) in [4.78, 5) is 6.23. The van der Waals surface area contributed by atoms with Crippen molar-refractivity contribution in [1.82, 2.24) is 4.98 Å². The molecule has 0 atom stereocenters. The van der Waals surface area contributed by atoms with Gasteiger partial charge in [0.15, 0.2) is 0 Å². The predicted molar refractivity (Wildman–Crippen MR) is 73.8 cm³/mol. The van der Waals surface area contributed by atoms with E-state index in [1.54, 1.807) is 12.3 Å². The predicted octanol–water partition coefficient (Wildman–Crippen LogP) is 2.31. The highest BCUT2D eigenvalue weighted by Gasteiger charge is 2.00. The third-order valence-electron chi connectivity index (χ3n) is 2.56. The maximum absolute atomic E-state index is 5.69. The molecular formula is C14H17N3O. The van der Waals surface area contributed by atoms with Gasteiger partial charge in [0.05, 0.1) is 5.69 Å². The number of pyridine rings is 1. The van der Waals surface area contributed by atoms with Crippen molar-refractivity contribution in [1.29, 1.82) is 0 Å². The number of nitrogens with two attached hydrogens (primary N) is 1. The summed E-state index contributed by atoms with van der Waals surface area (Å²) in [6.45, 7) is 0.419. The summed E-state index contributed by atoms with van der Waals surface area (Å²) >= 11 is 0. The van der Waals surface area contributed by atoms with E-state index in [9.17, 15) is 0 Å². The van der Waals surface area contributed by atoms with Crippen molar-refractivity contribution >= 4 is 11.4 Å². The van der Waals surface area contributed by atoms with Gasteiger partial charge in [0.25, 0.3) is 0 Å². The van der Waals surface area contributed by atoms with Crippen LogP contribution >= 0.6 is 0 Å². The van der Waals surface area contributed by atoms with E-state index in [-0.39, 0.29) is 0 Å². The lowest BCUT2D eigenvalue weighted by Gasteiger charge is -2.14. The fraction of sp³-hybridized carbons (Fsp3) is 0.214. The standard InChI is InChI=1S/C14H17N3O/c1-17(2)13-4-3-5-14(9-13)18-10-12-8-11(15)6-7-16-12/h3-9H,10H2,1-2H3,(H2,15,16). The van der Waals surface area contributed by atoms with Crippen LogP contribution in [0.4, 0.5) is 11.4 Å². The number of ether oxygens (including phenoxy) is 1. The van der Waals surface area contributed by atoms with E-state index < -0.39 is 0 Å². The Morgan fingerprint density at radius 3 is 2.78 bits per heavy atom. The monoisotopic (exact) mass is 243 g/mol. The van der Waals surface area contributed by atoms with Crippen molar-refractivity contribution in [3.05, 3.63) is 48.3 Å². The van der Waals surface area contributed by atoms with Crippen LogP contribution in [0, 0.1) is 0 Å². The molecule has 1 heterocycles. The molecule has 0 fully saturated rings. The van der Waals surface area contributed by atoms with Crippen molar-refractivity contribution in [2.45, 2.75) is 6.61 Å². The lowest BCUT2D eigenvalue weighted by Crippen LogP contribution is -2.08. The number of aromatic nitrogens is 1. The molecular weight excluding hydrogens is 226 g/mol. The molecule has 2 N–H and O–H groups in total. The lowest BCUT2D eigenvalue weighted by atomic mass is 10.3. The topological polar surface area (TPSA) is 51.4 Å². The quantitative estimate of drug-likeness (QED) is 0.895. The Balaban J connectivity index is 2.04. The van der Waals surface area contributed by atoms with Crippen LogP contribution in [0.1, 0.15) is 5.69 Å². The zero-order chi connectivity index (χ0) is 13.0. The highest BCUT2D eigenvalue weighted by molar-refractivity contribution is 5.49. The van der Waals surface area contributed by atoms with Crippen LogP contribution in [0.2, 0.25) is 0 Å². The van der Waals surface area contributed by atoms with Crippen LogP contribution in [-0.4, -0.2) is 19.1 Å². The second kappa shape index (κ2) is 5.40. The zero-order valence-electron chi connectivity index (χ0n) is 10.6. The van der Waals surface area contributed by atoms with E-state index in [1.807, 2.05) is 49.3 Å². The Morgan fingerprint density at radius 1 is 1.22 bits per heavy atom. The van der Waals surface area contributed by atoms with Crippen molar-refractivity contribution in [2.75, 3.05) is 24.7 Å². The first kappa shape index (κ1) is 12.2. The molecule has 0 unspecified atom stereocenters. The smallest absolute Gasteiger partial charge is 0.130 e. The second-order valence-electron chi connectivity index (χ2n) is 4.26. The van der Waals surface area contributed by atoms with Gasteiger partial charge >= 0.3 is 0 Å². The van der Waals surface area contributed by atoms with Gasteiger partial charge < -0.3 is 15.4 Å². The van der Waals surface area contributed by atoms with Gasteiger partial charge in [0, 0.05) is 37.7 Å². The van der Waals surface area contributed by atoms with E-state index in [1.165, 1.54) is 0 Å². The van der Waals surface area contributed by atoms with Crippen molar-refractivity contribution in [3.63, 3.8) is 0 Å². The van der Waals surface area contributed by atoms with Crippen LogP contribution in [0.5, 0.6) is 5.75 Å². The van der Waals surface area contributed by atoms with Gasteiger partial charge in [-0.2, -0.15) is 0 Å². The minimum absolute atomic E-state index is 0.419. The summed E-state index contributed by atoms with van der Waals surface area (Å²) in [6, 6.07) is 11.5. The lowest BCUT2D eigenvalue weighted by molar-refractivity contribution is 0.301. The number of nitrogen functional groups attached to an aromatic ring is 1. The average molecular weight is 243 g/mol. The SMILES string of the molecule is CN(C)c1cccc(OCc2cc(N)ccn2)c1. The molecule has 94 valence electrons. The normalized spacial score (nSPS) is 10.1. The summed E-state index contributed by atoms with van der Waals surface area (Å²) in [5.74, 6) is 0.824. The van der Waals surface area contributed by atoms with Crippen LogP contribution in [-0.2, 0) is 6.61 Å². The van der Waals surface area contributed by atoms with Gasteiger partial charge in [-0.25, -0.2) is 0 Å². The Hall–Kier alpha value is -2.23. The van der Waals surface area contributed by atoms with Gasteiger partial charge in [-0.1, -0.05) is 6.07 Å². The Kier molecular flexibility index (Phi) is 3.67. The highest BCUT2D eigenvalue weighted by atomic mass is 16.5. The van der Waals surface area contributed by atoms with E-state index in [0.717, 1.165) is 17.1 Å². The van der Waals surface area contributed by atoms with Gasteiger partial charge in [-0.05, 0) is 24.3 Å². The molecule has 0 amide bonds. The Labute approximate surface area is 107 Å². The molecule has 2 aromatic rings. The maximum Gasteiger partial charge on any atom is 0.130 e. The van der Waals surface area contributed by atoms with Crippen LogP contribution < -0.4 is 15.4 Å². The number of anilines is 2. The van der Waals surface area contributed by atoms with Crippen molar-refractivity contribution < 1.29 is 4.74 Å². The Bertz CT molecular complexity index is 526. The first-order valence-electron chi connectivity index (χ1n) is 5.76. The number of benzene rings is 1. The summed E-state index contributed by atoms with van der Waals surface area (Å²) < 4.78 is 5.69. The van der Waals surface area contributed by atoms with E-state index >= 15 is 0 Å². The molecule has 0 saturated carbocycles. The zero-order valence-corrected chi connectivity index (χ0v) is 10.6. The molecule has 0 radical (unpaired) electrons. The summed E-state index contributed by atoms with van der Waals surface area (Å²) in [6.07, 6.45) is 1.68. The van der Waals surface area contributed by atoms with E-state index in [4.69, 9.17) is 10.5 Å². The summed E-state index contributed by atoms with van der Waals surface area (Å²) in [7, 11) is 4.00. The number of nitrogens with zero attached hydrogens (tertiary/aromatic N) is 2. The molecule has 18 heavy (non-hydrogen) atoms. The number of hydrogen-bond donors (Lipinski definition) is 1. The average Bonchev–Trinajstić information content (AvgIpc) is 2.37. The first-order valence-corrected chi connectivity index (χ1v) is 5.76. The van der Waals surface area contributed by atoms with Crippen LogP contribution in [0.15, 0.2) is 42.6 Å². The third kappa shape index (κ3) is 3.13. The molecule has 4 heteroatoms. The van der Waals surface area contributed by atoms with Gasteiger partial charge in [-0.3, -0.25) is 4.98 Å². The fourth-order valence-corrected chi connectivity index (χ4v) is 1.58. The van der Waals surface area contributed by atoms with E-state index in [2.05, 4.69) is 4.98 Å². The maximum atomic E-state index is 5.69. The second-order valence-corrected chi connectivity index (χ2v) is 4.26. The summed E-state index contributed by atoms with van der Waals surface area (Å²) in [5, 5.41) is 0.